The summed E-state index contributed by atoms with van der Waals surface area (Å²) < 4.78 is 40.1. The van der Waals surface area contributed by atoms with Gasteiger partial charge >= 0.3 is 0 Å². The SMILES string of the molecule is CNc1nc(-c2ccc(F)cc2F)nc2ccc(F)cc12. The van der Waals surface area contributed by atoms with Crippen molar-refractivity contribution < 1.29 is 13.2 Å². The Morgan fingerprint density at radius 3 is 2.33 bits per heavy atom. The van der Waals surface area contributed by atoms with Crippen LogP contribution in [0.25, 0.3) is 22.3 Å². The van der Waals surface area contributed by atoms with Crippen LogP contribution >= 0.6 is 0 Å². The highest BCUT2D eigenvalue weighted by Crippen LogP contribution is 2.27. The first-order valence-electron chi connectivity index (χ1n) is 6.19. The Morgan fingerprint density at radius 1 is 0.905 bits per heavy atom. The number of anilines is 1. The molecule has 0 spiro atoms. The summed E-state index contributed by atoms with van der Waals surface area (Å²) in [4.78, 5) is 8.38. The number of nitrogens with zero attached hydrogens (tertiary/aromatic N) is 2. The highest BCUT2D eigenvalue weighted by Gasteiger charge is 2.13. The largest absolute Gasteiger partial charge is 0.373 e. The van der Waals surface area contributed by atoms with Crippen molar-refractivity contribution in [3.63, 3.8) is 0 Å². The van der Waals surface area contributed by atoms with E-state index in [-0.39, 0.29) is 11.4 Å². The second-order valence-electron chi connectivity index (χ2n) is 4.43. The van der Waals surface area contributed by atoms with Crippen LogP contribution in [0.1, 0.15) is 0 Å². The topological polar surface area (TPSA) is 37.8 Å². The molecule has 0 fully saturated rings. The van der Waals surface area contributed by atoms with Crippen LogP contribution in [-0.2, 0) is 0 Å². The van der Waals surface area contributed by atoms with Gasteiger partial charge in [0.05, 0.1) is 11.1 Å². The second kappa shape index (κ2) is 5.05. The van der Waals surface area contributed by atoms with Gasteiger partial charge in [-0.3, -0.25) is 0 Å². The van der Waals surface area contributed by atoms with E-state index in [1.165, 1.54) is 24.3 Å². The molecule has 1 aromatic heterocycles. The van der Waals surface area contributed by atoms with Gasteiger partial charge in [0.2, 0.25) is 0 Å². The minimum Gasteiger partial charge on any atom is -0.373 e. The van der Waals surface area contributed by atoms with E-state index in [9.17, 15) is 13.2 Å². The van der Waals surface area contributed by atoms with Crippen LogP contribution in [0.15, 0.2) is 36.4 Å². The van der Waals surface area contributed by atoms with Crippen LogP contribution in [0.5, 0.6) is 0 Å². The molecule has 0 aliphatic carbocycles. The Morgan fingerprint density at radius 2 is 1.62 bits per heavy atom. The minimum absolute atomic E-state index is 0.0825. The molecule has 0 atom stereocenters. The van der Waals surface area contributed by atoms with Gasteiger partial charge in [-0.25, -0.2) is 23.1 Å². The third kappa shape index (κ3) is 2.40. The van der Waals surface area contributed by atoms with E-state index in [2.05, 4.69) is 15.3 Å². The van der Waals surface area contributed by atoms with Gasteiger partial charge in [-0.15, -0.1) is 0 Å². The van der Waals surface area contributed by atoms with Crippen molar-refractivity contribution in [1.82, 2.24) is 9.97 Å². The molecule has 1 N–H and O–H groups in total. The van der Waals surface area contributed by atoms with E-state index >= 15 is 0 Å². The normalized spacial score (nSPS) is 10.9. The summed E-state index contributed by atoms with van der Waals surface area (Å²) in [5.74, 6) is -1.36. The molecule has 0 aliphatic heterocycles. The van der Waals surface area contributed by atoms with E-state index in [4.69, 9.17) is 0 Å². The van der Waals surface area contributed by atoms with Crippen molar-refractivity contribution >= 4 is 16.7 Å². The zero-order chi connectivity index (χ0) is 15.0. The van der Waals surface area contributed by atoms with Gasteiger partial charge in [-0.05, 0) is 30.3 Å². The van der Waals surface area contributed by atoms with Crippen molar-refractivity contribution in [3.05, 3.63) is 53.8 Å². The van der Waals surface area contributed by atoms with Gasteiger partial charge < -0.3 is 5.32 Å². The summed E-state index contributed by atoms with van der Waals surface area (Å²) in [6.45, 7) is 0. The molecule has 0 unspecified atom stereocenters. The van der Waals surface area contributed by atoms with Crippen LogP contribution < -0.4 is 5.32 Å². The molecule has 0 bridgehead atoms. The lowest BCUT2D eigenvalue weighted by molar-refractivity contribution is 0.585. The average molecular weight is 289 g/mol. The third-order valence-electron chi connectivity index (χ3n) is 3.07. The lowest BCUT2D eigenvalue weighted by Gasteiger charge is -2.09. The second-order valence-corrected chi connectivity index (χ2v) is 4.43. The Labute approximate surface area is 118 Å². The van der Waals surface area contributed by atoms with E-state index in [0.717, 1.165) is 12.1 Å². The molecule has 3 aromatic rings. The number of fused-ring (bicyclic) bond motifs is 1. The fourth-order valence-electron chi connectivity index (χ4n) is 2.08. The first-order chi connectivity index (χ1) is 10.1. The summed E-state index contributed by atoms with van der Waals surface area (Å²) in [7, 11) is 1.62. The van der Waals surface area contributed by atoms with E-state index in [0.29, 0.717) is 16.7 Å². The third-order valence-corrected chi connectivity index (χ3v) is 3.07. The zero-order valence-corrected chi connectivity index (χ0v) is 11.0. The first-order valence-corrected chi connectivity index (χ1v) is 6.19. The number of hydrogen-bond donors (Lipinski definition) is 1. The molecular weight excluding hydrogens is 279 g/mol. The zero-order valence-electron chi connectivity index (χ0n) is 11.0. The van der Waals surface area contributed by atoms with Crippen LogP contribution in [0, 0.1) is 17.5 Å². The standard InChI is InChI=1S/C15H10F3N3/c1-19-14-11-6-8(16)3-5-13(11)20-15(21-14)10-4-2-9(17)7-12(10)18/h2-7H,1H3,(H,19,20,21). The summed E-state index contributed by atoms with van der Waals surface area (Å²) in [5.41, 5.74) is 0.550. The Balaban J connectivity index is 2.26. The highest BCUT2D eigenvalue weighted by atomic mass is 19.1. The monoisotopic (exact) mass is 289 g/mol. The molecule has 3 rings (SSSR count). The fourth-order valence-corrected chi connectivity index (χ4v) is 2.08. The van der Waals surface area contributed by atoms with Gasteiger partial charge in [0.1, 0.15) is 23.3 Å². The molecule has 3 nitrogen and oxygen atoms in total. The molecule has 6 heteroatoms. The van der Waals surface area contributed by atoms with Gasteiger partial charge in [0, 0.05) is 18.5 Å². The van der Waals surface area contributed by atoms with E-state index in [1.807, 2.05) is 0 Å². The maximum absolute atomic E-state index is 13.8. The number of hydrogen-bond acceptors (Lipinski definition) is 3. The summed E-state index contributed by atoms with van der Waals surface area (Å²) in [6, 6.07) is 7.22. The Bertz CT molecular complexity index is 834. The Kier molecular flexibility index (Phi) is 3.21. The predicted octanol–water partition coefficient (Wildman–Crippen LogP) is 3.76. The van der Waals surface area contributed by atoms with Crippen LogP contribution in [0.4, 0.5) is 19.0 Å². The fraction of sp³-hybridized carbons (Fsp3) is 0.0667. The Hall–Kier alpha value is -2.63. The van der Waals surface area contributed by atoms with E-state index < -0.39 is 17.5 Å². The summed E-state index contributed by atoms with van der Waals surface area (Å²) >= 11 is 0. The number of aromatic nitrogens is 2. The molecule has 106 valence electrons. The van der Waals surface area contributed by atoms with Gasteiger partial charge in [-0.1, -0.05) is 0 Å². The lowest BCUT2D eigenvalue weighted by atomic mass is 10.1. The molecule has 0 amide bonds. The van der Waals surface area contributed by atoms with E-state index in [1.54, 1.807) is 7.05 Å². The summed E-state index contributed by atoms with van der Waals surface area (Å²) in [6.07, 6.45) is 0. The molecule has 0 saturated heterocycles. The minimum atomic E-state index is -0.751. The average Bonchev–Trinajstić information content (AvgIpc) is 2.46. The molecular formula is C15H10F3N3. The van der Waals surface area contributed by atoms with Crippen molar-refractivity contribution in [3.8, 4) is 11.4 Å². The summed E-state index contributed by atoms with van der Waals surface area (Å²) in [5, 5.41) is 3.31. The maximum Gasteiger partial charge on any atom is 0.165 e. The maximum atomic E-state index is 13.8. The van der Waals surface area contributed by atoms with Gasteiger partial charge in [0.25, 0.3) is 0 Å². The number of halogens is 3. The lowest BCUT2D eigenvalue weighted by Crippen LogP contribution is -2.00. The number of nitrogens with one attached hydrogen (secondary N) is 1. The van der Waals surface area contributed by atoms with Crippen molar-refractivity contribution in [1.29, 1.82) is 0 Å². The molecule has 0 aliphatic rings. The first kappa shape index (κ1) is 13.4. The molecule has 0 saturated carbocycles. The van der Waals surface area contributed by atoms with Crippen molar-refractivity contribution in [2.24, 2.45) is 0 Å². The molecule has 21 heavy (non-hydrogen) atoms. The molecule has 1 heterocycles. The van der Waals surface area contributed by atoms with Crippen molar-refractivity contribution in [2.45, 2.75) is 0 Å². The highest BCUT2D eigenvalue weighted by molar-refractivity contribution is 5.90. The predicted molar refractivity (Wildman–Crippen MR) is 74.4 cm³/mol. The number of benzene rings is 2. The quantitative estimate of drug-likeness (QED) is 0.780. The number of rotatable bonds is 2. The van der Waals surface area contributed by atoms with Crippen LogP contribution in [0.2, 0.25) is 0 Å². The van der Waals surface area contributed by atoms with Gasteiger partial charge in [-0.2, -0.15) is 0 Å². The molecule has 2 aromatic carbocycles. The molecule has 0 radical (unpaired) electrons. The van der Waals surface area contributed by atoms with Crippen LogP contribution in [0.3, 0.4) is 0 Å². The smallest absolute Gasteiger partial charge is 0.165 e. The van der Waals surface area contributed by atoms with Gasteiger partial charge in [0.15, 0.2) is 5.82 Å². The van der Waals surface area contributed by atoms with Crippen LogP contribution in [-0.4, -0.2) is 17.0 Å². The van der Waals surface area contributed by atoms with Crippen molar-refractivity contribution in [2.75, 3.05) is 12.4 Å².